The second kappa shape index (κ2) is 10.2. The lowest BCUT2D eigenvalue weighted by Gasteiger charge is -2.12. The van der Waals surface area contributed by atoms with Gasteiger partial charge in [0.1, 0.15) is 6.61 Å². The van der Waals surface area contributed by atoms with Crippen LogP contribution in [0, 0.1) is 0 Å². The minimum absolute atomic E-state index is 0.0280. The van der Waals surface area contributed by atoms with Crippen LogP contribution in [0.3, 0.4) is 0 Å². The zero-order valence-electron chi connectivity index (χ0n) is 18.9. The van der Waals surface area contributed by atoms with E-state index in [9.17, 15) is 4.79 Å². The van der Waals surface area contributed by atoms with Crippen molar-refractivity contribution in [2.75, 3.05) is 0 Å². The number of nitrogens with zero attached hydrogens (tertiary/aromatic N) is 1. The fourth-order valence-corrected chi connectivity index (χ4v) is 4.32. The van der Waals surface area contributed by atoms with Gasteiger partial charge in [-0.1, -0.05) is 97.1 Å². The van der Waals surface area contributed by atoms with Gasteiger partial charge in [0.2, 0.25) is 0 Å². The summed E-state index contributed by atoms with van der Waals surface area (Å²) in [6, 6.07) is 36.5. The lowest BCUT2D eigenvalue weighted by molar-refractivity contribution is 0.136. The molecule has 0 unspecified atom stereocenters. The quantitative estimate of drug-likeness (QED) is 0.356. The molecule has 34 heavy (non-hydrogen) atoms. The Balaban J connectivity index is 1.29. The molecule has 168 valence electrons. The summed E-state index contributed by atoms with van der Waals surface area (Å²) in [6.45, 7) is 0.271. The molecule has 0 fully saturated rings. The Labute approximate surface area is 200 Å². The number of amides is 1. The summed E-state index contributed by atoms with van der Waals surface area (Å²) in [4.78, 5) is 17.3. The average molecular weight is 447 g/mol. The molecule has 1 amide bonds. The zero-order chi connectivity index (χ0) is 23.2. The highest BCUT2D eigenvalue weighted by Gasteiger charge is 2.24. The van der Waals surface area contributed by atoms with Gasteiger partial charge >= 0.3 is 6.09 Å². The molecule has 0 heterocycles. The molecule has 1 N–H and O–H groups in total. The number of fused-ring (bicyclic) bond motifs is 1. The summed E-state index contributed by atoms with van der Waals surface area (Å²) in [5.41, 5.74) is 7.45. The van der Waals surface area contributed by atoms with E-state index in [1.165, 1.54) is 11.1 Å². The van der Waals surface area contributed by atoms with Crippen molar-refractivity contribution in [3.63, 3.8) is 0 Å². The van der Waals surface area contributed by atoms with Gasteiger partial charge < -0.3 is 10.1 Å². The van der Waals surface area contributed by atoms with Crippen LogP contribution in [0.1, 0.15) is 27.8 Å². The number of carbonyl (C=O) groups excluding carboxylic acids is 1. The average Bonchev–Trinajstić information content (AvgIpc) is 3.29. The van der Waals surface area contributed by atoms with Crippen molar-refractivity contribution in [3.8, 4) is 0 Å². The molecule has 1 aliphatic carbocycles. The van der Waals surface area contributed by atoms with Crippen LogP contribution < -0.4 is 5.32 Å². The summed E-state index contributed by atoms with van der Waals surface area (Å²) < 4.78 is 5.39. The Bertz CT molecular complexity index is 1240. The lowest BCUT2D eigenvalue weighted by Crippen LogP contribution is -2.35. The number of alkyl carbamates (subject to hydrolysis) is 1. The van der Waals surface area contributed by atoms with Crippen molar-refractivity contribution >= 4 is 17.5 Å². The number of aliphatic imine (C=N–C) groups is 1. The van der Waals surface area contributed by atoms with Gasteiger partial charge in [0.25, 0.3) is 0 Å². The number of ether oxygens (including phenoxy) is 1. The molecular formula is C30H26N2O2. The van der Waals surface area contributed by atoms with E-state index in [-0.39, 0.29) is 18.7 Å². The second-order valence-electron chi connectivity index (χ2n) is 8.46. The molecule has 1 aliphatic rings. The molecule has 0 saturated heterocycles. The van der Waals surface area contributed by atoms with E-state index >= 15 is 0 Å². The first kappa shape index (κ1) is 21.7. The molecule has 4 aromatic carbocycles. The number of hydrogen-bond acceptors (Lipinski definition) is 3. The van der Waals surface area contributed by atoms with Gasteiger partial charge in [-0.3, -0.25) is 0 Å². The highest BCUT2D eigenvalue weighted by Crippen LogP contribution is 2.28. The van der Waals surface area contributed by atoms with Crippen LogP contribution in [0.25, 0.3) is 0 Å². The van der Waals surface area contributed by atoms with E-state index in [1.54, 1.807) is 0 Å². The van der Waals surface area contributed by atoms with Crippen LogP contribution >= 0.6 is 0 Å². The van der Waals surface area contributed by atoms with Crippen molar-refractivity contribution < 1.29 is 9.53 Å². The summed E-state index contributed by atoms with van der Waals surface area (Å²) in [5, 5.41) is 3.01. The van der Waals surface area contributed by atoms with Gasteiger partial charge in [-0.25, -0.2) is 9.79 Å². The first-order valence-corrected chi connectivity index (χ1v) is 11.5. The standard InChI is InChI=1S/C30H26N2O2/c33-30(34-21-22-10-4-1-5-11-22)32-28-18-25-16-17-27(19-26(25)20-28)31-29(23-12-6-2-7-13-23)24-14-8-3-9-15-24/h1-17,19,28H,18,20-21H2,(H,32,33)/t28-/m0/s1. The van der Waals surface area contributed by atoms with Crippen molar-refractivity contribution in [2.45, 2.75) is 25.5 Å². The lowest BCUT2D eigenvalue weighted by atomic mass is 10.0. The molecule has 5 rings (SSSR count). The predicted molar refractivity (Wildman–Crippen MR) is 136 cm³/mol. The first-order chi connectivity index (χ1) is 16.7. The normalized spacial score (nSPS) is 14.2. The third-order valence-electron chi connectivity index (χ3n) is 5.99. The minimum Gasteiger partial charge on any atom is -0.445 e. The molecule has 0 saturated carbocycles. The molecule has 0 aromatic heterocycles. The Hall–Kier alpha value is -4.18. The predicted octanol–water partition coefficient (Wildman–Crippen LogP) is 6.25. The van der Waals surface area contributed by atoms with E-state index in [2.05, 4.69) is 47.8 Å². The van der Waals surface area contributed by atoms with Crippen molar-refractivity contribution in [1.82, 2.24) is 5.32 Å². The van der Waals surface area contributed by atoms with E-state index in [4.69, 9.17) is 9.73 Å². The van der Waals surface area contributed by atoms with Gasteiger partial charge in [0, 0.05) is 17.2 Å². The summed E-state index contributed by atoms with van der Waals surface area (Å²) in [6.07, 6.45) is 1.19. The maximum absolute atomic E-state index is 12.3. The third-order valence-corrected chi connectivity index (χ3v) is 5.99. The van der Waals surface area contributed by atoms with Crippen LogP contribution in [0.15, 0.2) is 114 Å². The molecule has 0 spiro atoms. The number of hydrogen-bond donors (Lipinski definition) is 1. The Morgan fingerprint density at radius 3 is 2.00 bits per heavy atom. The largest absolute Gasteiger partial charge is 0.445 e. The number of benzene rings is 4. The third kappa shape index (κ3) is 5.24. The topological polar surface area (TPSA) is 50.7 Å². The summed E-state index contributed by atoms with van der Waals surface area (Å²) in [7, 11) is 0. The molecule has 1 atom stereocenters. The Morgan fingerprint density at radius 1 is 0.765 bits per heavy atom. The maximum atomic E-state index is 12.3. The number of carbonyl (C=O) groups is 1. The van der Waals surface area contributed by atoms with E-state index < -0.39 is 0 Å². The van der Waals surface area contributed by atoms with Gasteiger partial charge in [0.05, 0.1) is 11.4 Å². The molecule has 4 heteroatoms. The van der Waals surface area contributed by atoms with E-state index in [0.717, 1.165) is 40.9 Å². The highest BCUT2D eigenvalue weighted by atomic mass is 16.5. The smallest absolute Gasteiger partial charge is 0.407 e. The SMILES string of the molecule is O=C(N[C@H]1Cc2ccc(N=C(c3ccccc3)c3ccccc3)cc2C1)OCc1ccccc1. The van der Waals surface area contributed by atoms with Crippen molar-refractivity contribution in [2.24, 2.45) is 4.99 Å². The summed E-state index contributed by atoms with van der Waals surface area (Å²) >= 11 is 0. The molecule has 4 aromatic rings. The molecular weight excluding hydrogens is 420 g/mol. The van der Waals surface area contributed by atoms with E-state index in [0.29, 0.717) is 0 Å². The van der Waals surface area contributed by atoms with Crippen molar-refractivity contribution in [3.05, 3.63) is 137 Å². The fraction of sp³-hybridized carbons (Fsp3) is 0.133. The van der Waals surface area contributed by atoms with E-state index in [1.807, 2.05) is 66.7 Å². The zero-order valence-corrected chi connectivity index (χ0v) is 18.9. The summed E-state index contributed by atoms with van der Waals surface area (Å²) in [5.74, 6) is 0. The van der Waals surface area contributed by atoms with Crippen LogP contribution in [0.2, 0.25) is 0 Å². The maximum Gasteiger partial charge on any atom is 0.407 e. The van der Waals surface area contributed by atoms with Gasteiger partial charge in [-0.05, 0) is 41.7 Å². The molecule has 0 radical (unpaired) electrons. The minimum atomic E-state index is -0.379. The fourth-order valence-electron chi connectivity index (χ4n) is 4.32. The van der Waals surface area contributed by atoms with Gasteiger partial charge in [-0.2, -0.15) is 0 Å². The Kier molecular flexibility index (Phi) is 6.48. The highest BCUT2D eigenvalue weighted by molar-refractivity contribution is 6.13. The first-order valence-electron chi connectivity index (χ1n) is 11.5. The molecule has 0 aliphatic heterocycles. The van der Waals surface area contributed by atoms with Crippen LogP contribution in [-0.2, 0) is 24.2 Å². The second-order valence-corrected chi connectivity index (χ2v) is 8.46. The van der Waals surface area contributed by atoms with Gasteiger partial charge in [-0.15, -0.1) is 0 Å². The van der Waals surface area contributed by atoms with Gasteiger partial charge in [0.15, 0.2) is 0 Å². The van der Waals surface area contributed by atoms with Crippen LogP contribution in [-0.4, -0.2) is 17.8 Å². The van der Waals surface area contributed by atoms with Crippen LogP contribution in [0.5, 0.6) is 0 Å². The Morgan fingerprint density at radius 2 is 1.35 bits per heavy atom. The number of nitrogens with one attached hydrogen (secondary N) is 1. The van der Waals surface area contributed by atoms with Crippen molar-refractivity contribution in [1.29, 1.82) is 0 Å². The molecule has 4 nitrogen and oxygen atoms in total. The van der Waals surface area contributed by atoms with Crippen LogP contribution in [0.4, 0.5) is 10.5 Å². The number of rotatable bonds is 6. The monoisotopic (exact) mass is 446 g/mol. The molecule has 0 bridgehead atoms.